The van der Waals surface area contributed by atoms with E-state index in [1.807, 2.05) is 24.4 Å². The van der Waals surface area contributed by atoms with Gasteiger partial charge in [-0.2, -0.15) is 0 Å². The molecule has 0 aliphatic carbocycles. The van der Waals surface area contributed by atoms with Crippen LogP contribution in [-0.2, 0) is 0 Å². The van der Waals surface area contributed by atoms with E-state index in [-0.39, 0.29) is 5.54 Å². The maximum Gasteiger partial charge on any atom is 0.231 e. The fourth-order valence-electron chi connectivity index (χ4n) is 2.37. The number of hydrogen-bond donors (Lipinski definition) is 1. The van der Waals surface area contributed by atoms with E-state index in [2.05, 4.69) is 31.1 Å². The predicted octanol–water partition coefficient (Wildman–Crippen LogP) is 3.95. The Kier molecular flexibility index (Phi) is 3.16. The highest BCUT2D eigenvalue weighted by molar-refractivity contribution is 5.94. The van der Waals surface area contributed by atoms with Crippen LogP contribution in [0.4, 0.5) is 5.82 Å². The molecule has 0 spiro atoms. The molecule has 0 amide bonds. The molecule has 2 heterocycles. The first-order valence-electron chi connectivity index (χ1n) is 7.12. The second kappa shape index (κ2) is 4.85. The van der Waals surface area contributed by atoms with Crippen molar-refractivity contribution >= 4 is 16.6 Å². The molecule has 0 atom stereocenters. The van der Waals surface area contributed by atoms with Gasteiger partial charge in [0.1, 0.15) is 5.82 Å². The first-order chi connectivity index (χ1) is 9.65. The van der Waals surface area contributed by atoms with Crippen molar-refractivity contribution in [3.63, 3.8) is 0 Å². The lowest BCUT2D eigenvalue weighted by molar-refractivity contribution is 0.174. The molecule has 0 saturated carbocycles. The Morgan fingerprint density at radius 1 is 1.20 bits per heavy atom. The Morgan fingerprint density at radius 3 is 2.60 bits per heavy atom. The molecular formula is C16H20N2O2. The molecule has 0 unspecified atom stereocenters. The van der Waals surface area contributed by atoms with Crippen molar-refractivity contribution in [1.29, 1.82) is 0 Å². The van der Waals surface area contributed by atoms with Crippen LogP contribution in [0, 0.1) is 0 Å². The Bertz CT molecular complexity index is 636. The van der Waals surface area contributed by atoms with Crippen LogP contribution in [0.1, 0.15) is 33.6 Å². The number of aromatic nitrogens is 1. The second-order valence-electron chi connectivity index (χ2n) is 5.48. The molecular weight excluding hydrogens is 252 g/mol. The van der Waals surface area contributed by atoms with Gasteiger partial charge in [-0.1, -0.05) is 13.8 Å². The maximum absolute atomic E-state index is 5.47. The van der Waals surface area contributed by atoms with Gasteiger partial charge in [-0.15, -0.1) is 0 Å². The van der Waals surface area contributed by atoms with Crippen molar-refractivity contribution < 1.29 is 9.47 Å². The summed E-state index contributed by atoms with van der Waals surface area (Å²) in [6, 6.07) is 6.02. The summed E-state index contributed by atoms with van der Waals surface area (Å²) in [5.41, 5.74) is 0.0532. The van der Waals surface area contributed by atoms with Crippen molar-refractivity contribution in [2.75, 3.05) is 12.1 Å². The minimum absolute atomic E-state index is 0.0532. The van der Waals surface area contributed by atoms with Crippen LogP contribution in [-0.4, -0.2) is 17.3 Å². The minimum atomic E-state index is 0.0532. The van der Waals surface area contributed by atoms with Gasteiger partial charge in [0.05, 0.1) is 0 Å². The van der Waals surface area contributed by atoms with Crippen LogP contribution in [0.2, 0.25) is 0 Å². The Balaban J connectivity index is 2.07. The number of ether oxygens (including phenoxy) is 2. The predicted molar refractivity (Wildman–Crippen MR) is 80.5 cm³/mol. The molecule has 106 valence electrons. The number of pyridine rings is 1. The molecule has 20 heavy (non-hydrogen) atoms. The molecule has 1 N–H and O–H groups in total. The standard InChI is InChI=1S/C16H20N2O2/c1-4-16(3,5-2)18-15-12-9-14-13(19-10-20-14)8-11(12)6-7-17-15/h6-9H,4-5,10H2,1-3H3,(H,17,18). The zero-order valence-corrected chi connectivity index (χ0v) is 12.2. The topological polar surface area (TPSA) is 43.4 Å². The van der Waals surface area contributed by atoms with Crippen LogP contribution in [0.25, 0.3) is 10.8 Å². The summed E-state index contributed by atoms with van der Waals surface area (Å²) in [5, 5.41) is 5.77. The SMILES string of the molecule is CCC(C)(CC)Nc1nccc2cc3c(cc12)OCO3. The third-order valence-corrected chi connectivity index (χ3v) is 4.24. The van der Waals surface area contributed by atoms with Gasteiger partial charge >= 0.3 is 0 Å². The van der Waals surface area contributed by atoms with Gasteiger partial charge in [-0.05, 0) is 43.4 Å². The fraction of sp³-hybridized carbons (Fsp3) is 0.438. The van der Waals surface area contributed by atoms with Gasteiger partial charge in [-0.25, -0.2) is 4.98 Å². The van der Waals surface area contributed by atoms with E-state index in [1.54, 1.807) is 0 Å². The summed E-state index contributed by atoms with van der Waals surface area (Å²) in [6.45, 7) is 6.90. The van der Waals surface area contributed by atoms with E-state index in [1.165, 1.54) is 0 Å². The maximum atomic E-state index is 5.47. The number of nitrogens with zero attached hydrogens (tertiary/aromatic N) is 1. The highest BCUT2D eigenvalue weighted by Crippen LogP contribution is 2.38. The Labute approximate surface area is 119 Å². The molecule has 4 heteroatoms. The molecule has 0 fully saturated rings. The summed E-state index contributed by atoms with van der Waals surface area (Å²) in [4.78, 5) is 4.51. The van der Waals surface area contributed by atoms with Gasteiger partial charge in [-0.3, -0.25) is 0 Å². The number of rotatable bonds is 4. The van der Waals surface area contributed by atoms with Crippen LogP contribution in [0.15, 0.2) is 24.4 Å². The highest BCUT2D eigenvalue weighted by atomic mass is 16.7. The zero-order chi connectivity index (χ0) is 14.2. The van der Waals surface area contributed by atoms with Crippen molar-refractivity contribution in [3.8, 4) is 11.5 Å². The molecule has 1 aliphatic rings. The van der Waals surface area contributed by atoms with Crippen LogP contribution in [0.3, 0.4) is 0 Å². The first-order valence-corrected chi connectivity index (χ1v) is 7.12. The number of anilines is 1. The third kappa shape index (κ3) is 2.15. The third-order valence-electron chi connectivity index (χ3n) is 4.24. The van der Waals surface area contributed by atoms with Crippen molar-refractivity contribution in [3.05, 3.63) is 24.4 Å². The van der Waals surface area contributed by atoms with Crippen LogP contribution < -0.4 is 14.8 Å². The largest absolute Gasteiger partial charge is 0.454 e. The lowest BCUT2D eigenvalue weighted by Gasteiger charge is -2.29. The molecule has 0 radical (unpaired) electrons. The van der Waals surface area contributed by atoms with E-state index in [4.69, 9.17) is 9.47 Å². The molecule has 1 aromatic carbocycles. The normalized spacial score (nSPS) is 13.8. The number of hydrogen-bond acceptors (Lipinski definition) is 4. The average molecular weight is 272 g/mol. The lowest BCUT2D eigenvalue weighted by atomic mass is 9.95. The fourth-order valence-corrected chi connectivity index (χ4v) is 2.37. The van der Waals surface area contributed by atoms with E-state index in [9.17, 15) is 0 Å². The summed E-state index contributed by atoms with van der Waals surface area (Å²) in [7, 11) is 0. The summed E-state index contributed by atoms with van der Waals surface area (Å²) in [5.74, 6) is 2.51. The quantitative estimate of drug-likeness (QED) is 0.915. The smallest absolute Gasteiger partial charge is 0.231 e. The zero-order valence-electron chi connectivity index (χ0n) is 12.2. The van der Waals surface area contributed by atoms with Crippen LogP contribution in [0.5, 0.6) is 11.5 Å². The van der Waals surface area contributed by atoms with E-state index in [0.717, 1.165) is 40.9 Å². The first kappa shape index (κ1) is 13.0. The van der Waals surface area contributed by atoms with Crippen molar-refractivity contribution in [2.24, 2.45) is 0 Å². The summed E-state index contributed by atoms with van der Waals surface area (Å²) in [6.07, 6.45) is 3.93. The summed E-state index contributed by atoms with van der Waals surface area (Å²) < 4.78 is 10.9. The number of benzene rings is 1. The van der Waals surface area contributed by atoms with Crippen LogP contribution >= 0.6 is 0 Å². The number of fused-ring (bicyclic) bond motifs is 2. The number of nitrogens with one attached hydrogen (secondary N) is 1. The molecule has 2 aromatic rings. The van der Waals surface area contributed by atoms with Crippen molar-refractivity contribution in [2.45, 2.75) is 39.2 Å². The van der Waals surface area contributed by atoms with Crippen molar-refractivity contribution in [1.82, 2.24) is 4.98 Å². The highest BCUT2D eigenvalue weighted by Gasteiger charge is 2.22. The monoisotopic (exact) mass is 272 g/mol. The van der Waals surface area contributed by atoms with Gasteiger partial charge in [0.2, 0.25) is 6.79 Å². The molecule has 3 rings (SSSR count). The molecule has 4 nitrogen and oxygen atoms in total. The molecule has 0 saturated heterocycles. The molecule has 0 bridgehead atoms. The molecule has 1 aliphatic heterocycles. The van der Waals surface area contributed by atoms with Gasteiger partial charge in [0, 0.05) is 17.1 Å². The van der Waals surface area contributed by atoms with Gasteiger partial charge in [0.25, 0.3) is 0 Å². The van der Waals surface area contributed by atoms with Gasteiger partial charge < -0.3 is 14.8 Å². The Hall–Kier alpha value is -1.97. The summed E-state index contributed by atoms with van der Waals surface area (Å²) >= 11 is 0. The van der Waals surface area contributed by atoms with Gasteiger partial charge in [0.15, 0.2) is 11.5 Å². The average Bonchev–Trinajstić information content (AvgIpc) is 2.92. The van der Waals surface area contributed by atoms with E-state index in [0.29, 0.717) is 6.79 Å². The minimum Gasteiger partial charge on any atom is -0.454 e. The lowest BCUT2D eigenvalue weighted by Crippen LogP contribution is -2.33. The van der Waals surface area contributed by atoms with E-state index < -0.39 is 0 Å². The Morgan fingerprint density at radius 2 is 1.90 bits per heavy atom. The molecule has 1 aromatic heterocycles. The van der Waals surface area contributed by atoms with E-state index >= 15 is 0 Å². The second-order valence-corrected chi connectivity index (χ2v) is 5.48.